The van der Waals surface area contributed by atoms with Gasteiger partial charge in [-0.05, 0) is 66.3 Å². The van der Waals surface area contributed by atoms with Gasteiger partial charge in [-0.25, -0.2) is 4.39 Å². The second-order valence-electron chi connectivity index (χ2n) is 5.70. The fraction of sp³-hybridized carbons (Fsp3) is 0.333. The Morgan fingerprint density at radius 2 is 2.00 bits per heavy atom. The maximum Gasteiger partial charge on any atom is 0.124 e. The summed E-state index contributed by atoms with van der Waals surface area (Å²) in [6.45, 7) is 2.70. The molecule has 0 aliphatic heterocycles. The van der Waals surface area contributed by atoms with Crippen molar-refractivity contribution >= 4 is 0 Å². The first kappa shape index (κ1) is 14.1. The van der Waals surface area contributed by atoms with E-state index in [0.717, 1.165) is 34.5 Å². The van der Waals surface area contributed by atoms with E-state index in [4.69, 9.17) is 4.74 Å². The molecule has 0 saturated heterocycles. The highest BCUT2D eigenvalue weighted by atomic mass is 19.1. The summed E-state index contributed by atoms with van der Waals surface area (Å²) in [4.78, 5) is 0. The van der Waals surface area contributed by atoms with Gasteiger partial charge in [0.15, 0.2) is 0 Å². The number of hydrogen-bond acceptors (Lipinski definition) is 2. The van der Waals surface area contributed by atoms with Crippen molar-refractivity contribution in [3.8, 4) is 16.9 Å². The van der Waals surface area contributed by atoms with Crippen LogP contribution in [0.4, 0.5) is 4.39 Å². The minimum absolute atomic E-state index is 0.193. The maximum atomic E-state index is 13.7. The molecule has 1 N–H and O–H groups in total. The van der Waals surface area contributed by atoms with Crippen molar-refractivity contribution in [1.82, 2.24) is 5.32 Å². The lowest BCUT2D eigenvalue weighted by Gasteiger charge is -2.13. The van der Waals surface area contributed by atoms with Gasteiger partial charge in [0.2, 0.25) is 0 Å². The van der Waals surface area contributed by atoms with Crippen LogP contribution in [-0.4, -0.2) is 13.2 Å². The fourth-order valence-corrected chi connectivity index (χ4v) is 2.56. The second-order valence-corrected chi connectivity index (χ2v) is 5.70. The van der Waals surface area contributed by atoms with Crippen molar-refractivity contribution in [3.05, 3.63) is 53.3 Å². The van der Waals surface area contributed by atoms with Crippen LogP contribution in [0.2, 0.25) is 0 Å². The van der Waals surface area contributed by atoms with E-state index in [1.807, 2.05) is 31.2 Å². The molecule has 3 rings (SSSR count). The Morgan fingerprint density at radius 1 is 1.19 bits per heavy atom. The number of hydrogen-bond donors (Lipinski definition) is 1. The van der Waals surface area contributed by atoms with E-state index < -0.39 is 0 Å². The summed E-state index contributed by atoms with van der Waals surface area (Å²) in [6.07, 6.45) is 2.50. The van der Waals surface area contributed by atoms with Gasteiger partial charge in [-0.3, -0.25) is 0 Å². The maximum absolute atomic E-state index is 13.7. The Morgan fingerprint density at radius 3 is 2.67 bits per heavy atom. The molecule has 0 bridgehead atoms. The summed E-state index contributed by atoms with van der Waals surface area (Å²) in [7, 11) is 1.67. The van der Waals surface area contributed by atoms with Gasteiger partial charge in [0.05, 0.1) is 7.11 Å². The van der Waals surface area contributed by atoms with Gasteiger partial charge in [-0.2, -0.15) is 0 Å². The highest BCUT2D eigenvalue weighted by Crippen LogP contribution is 2.30. The molecule has 0 radical (unpaired) electrons. The van der Waals surface area contributed by atoms with E-state index in [0.29, 0.717) is 6.04 Å². The molecule has 2 aromatic carbocycles. The minimum Gasteiger partial charge on any atom is -0.497 e. The van der Waals surface area contributed by atoms with Crippen LogP contribution < -0.4 is 10.1 Å². The second kappa shape index (κ2) is 5.86. The number of benzene rings is 2. The smallest absolute Gasteiger partial charge is 0.124 e. The highest BCUT2D eigenvalue weighted by Gasteiger charge is 2.20. The molecule has 0 atom stereocenters. The van der Waals surface area contributed by atoms with E-state index in [1.54, 1.807) is 19.2 Å². The van der Waals surface area contributed by atoms with Gasteiger partial charge in [0, 0.05) is 12.6 Å². The van der Waals surface area contributed by atoms with Crippen LogP contribution in [0, 0.1) is 12.7 Å². The average Bonchev–Trinajstić information content (AvgIpc) is 3.28. The van der Waals surface area contributed by atoms with Gasteiger partial charge in [0.25, 0.3) is 0 Å². The quantitative estimate of drug-likeness (QED) is 0.894. The molecule has 0 heterocycles. The van der Waals surface area contributed by atoms with Crippen LogP contribution in [0.5, 0.6) is 5.75 Å². The van der Waals surface area contributed by atoms with Crippen LogP contribution in [0.15, 0.2) is 36.4 Å². The van der Waals surface area contributed by atoms with Crippen molar-refractivity contribution in [1.29, 1.82) is 0 Å². The summed E-state index contributed by atoms with van der Waals surface area (Å²) in [6, 6.07) is 11.8. The fourth-order valence-electron chi connectivity index (χ4n) is 2.56. The number of nitrogens with one attached hydrogen (secondary N) is 1. The van der Waals surface area contributed by atoms with Crippen LogP contribution in [0.1, 0.15) is 24.0 Å². The third kappa shape index (κ3) is 3.42. The van der Waals surface area contributed by atoms with Gasteiger partial charge in [-0.15, -0.1) is 0 Å². The SMILES string of the molecule is COc1ccc(-c2cc(C)cc(F)c2)c(CNC2CC2)c1. The van der Waals surface area contributed by atoms with Gasteiger partial charge >= 0.3 is 0 Å². The van der Waals surface area contributed by atoms with Crippen LogP contribution in [-0.2, 0) is 6.54 Å². The Bertz CT molecular complexity index is 629. The Balaban J connectivity index is 1.98. The number of ether oxygens (including phenoxy) is 1. The van der Waals surface area contributed by atoms with Gasteiger partial charge < -0.3 is 10.1 Å². The molecular weight excluding hydrogens is 265 g/mol. The summed E-state index contributed by atoms with van der Waals surface area (Å²) < 4.78 is 19.0. The number of rotatable bonds is 5. The lowest BCUT2D eigenvalue weighted by atomic mass is 9.97. The average molecular weight is 285 g/mol. The first-order chi connectivity index (χ1) is 10.2. The summed E-state index contributed by atoms with van der Waals surface area (Å²) in [5.41, 5.74) is 4.06. The molecule has 0 spiro atoms. The highest BCUT2D eigenvalue weighted by molar-refractivity contribution is 5.69. The molecule has 0 aromatic heterocycles. The lowest BCUT2D eigenvalue weighted by molar-refractivity contribution is 0.414. The first-order valence-corrected chi connectivity index (χ1v) is 7.33. The van der Waals surface area contributed by atoms with Crippen LogP contribution in [0.3, 0.4) is 0 Å². The van der Waals surface area contributed by atoms with Crippen LogP contribution >= 0.6 is 0 Å². The molecule has 21 heavy (non-hydrogen) atoms. The zero-order valence-corrected chi connectivity index (χ0v) is 12.4. The monoisotopic (exact) mass is 285 g/mol. The summed E-state index contributed by atoms with van der Waals surface area (Å²) in [5.74, 6) is 0.640. The number of methoxy groups -OCH3 is 1. The third-order valence-electron chi connectivity index (χ3n) is 3.82. The predicted molar refractivity (Wildman–Crippen MR) is 83.0 cm³/mol. The largest absolute Gasteiger partial charge is 0.497 e. The number of aryl methyl sites for hydroxylation is 1. The number of halogens is 1. The van der Waals surface area contributed by atoms with Crippen molar-refractivity contribution < 1.29 is 9.13 Å². The molecule has 0 amide bonds. The lowest BCUT2D eigenvalue weighted by Crippen LogP contribution is -2.16. The Labute approximate surface area is 125 Å². The first-order valence-electron chi connectivity index (χ1n) is 7.33. The molecule has 1 fully saturated rings. The van der Waals surface area contributed by atoms with Crippen molar-refractivity contribution in [2.45, 2.75) is 32.4 Å². The van der Waals surface area contributed by atoms with E-state index in [9.17, 15) is 4.39 Å². The van der Waals surface area contributed by atoms with Gasteiger partial charge in [-0.1, -0.05) is 12.1 Å². The standard InChI is InChI=1S/C18H20FNO/c1-12-7-13(9-15(19)8-12)18-6-5-17(21-2)10-14(18)11-20-16-3-4-16/h5-10,16,20H,3-4,11H2,1-2H3. The van der Waals surface area contributed by atoms with E-state index in [-0.39, 0.29) is 5.82 Å². The van der Waals surface area contributed by atoms with Crippen molar-refractivity contribution in [2.75, 3.05) is 7.11 Å². The topological polar surface area (TPSA) is 21.3 Å². The Hall–Kier alpha value is -1.87. The molecule has 1 aliphatic carbocycles. The molecule has 110 valence electrons. The molecule has 1 aliphatic rings. The Kier molecular flexibility index (Phi) is 3.93. The van der Waals surface area contributed by atoms with Crippen molar-refractivity contribution in [2.24, 2.45) is 0 Å². The van der Waals surface area contributed by atoms with E-state index in [1.165, 1.54) is 12.8 Å². The molecule has 3 heteroatoms. The van der Waals surface area contributed by atoms with Crippen molar-refractivity contribution in [3.63, 3.8) is 0 Å². The third-order valence-corrected chi connectivity index (χ3v) is 3.82. The molecular formula is C18H20FNO. The molecule has 1 saturated carbocycles. The van der Waals surface area contributed by atoms with E-state index in [2.05, 4.69) is 5.32 Å². The molecule has 2 nitrogen and oxygen atoms in total. The van der Waals surface area contributed by atoms with Gasteiger partial charge in [0.1, 0.15) is 11.6 Å². The zero-order valence-electron chi connectivity index (χ0n) is 12.4. The predicted octanol–water partition coefficient (Wildman–Crippen LogP) is 4.06. The molecule has 2 aromatic rings. The van der Waals surface area contributed by atoms with Crippen LogP contribution in [0.25, 0.3) is 11.1 Å². The summed E-state index contributed by atoms with van der Waals surface area (Å²) in [5, 5.41) is 3.51. The minimum atomic E-state index is -0.193. The normalized spacial score (nSPS) is 14.2. The molecule has 0 unspecified atom stereocenters. The van der Waals surface area contributed by atoms with E-state index >= 15 is 0 Å². The zero-order chi connectivity index (χ0) is 14.8. The summed E-state index contributed by atoms with van der Waals surface area (Å²) >= 11 is 0.